The second-order valence-corrected chi connectivity index (χ2v) is 7.30. The summed E-state index contributed by atoms with van der Waals surface area (Å²) in [4.78, 5) is 8.87. The molecule has 134 valence electrons. The van der Waals surface area contributed by atoms with Crippen molar-refractivity contribution in [3.63, 3.8) is 0 Å². The van der Waals surface area contributed by atoms with Crippen LogP contribution in [0.2, 0.25) is 0 Å². The van der Waals surface area contributed by atoms with E-state index in [1.165, 1.54) is 38.9 Å². The average Bonchev–Trinajstić information content (AvgIpc) is 2.65. The first-order chi connectivity index (χ1) is 13.0. The minimum atomic E-state index is 0.785. The quantitative estimate of drug-likeness (QED) is 0.473. The molecule has 0 unspecified atom stereocenters. The third-order valence-electron chi connectivity index (χ3n) is 5.35. The van der Waals surface area contributed by atoms with E-state index >= 15 is 0 Å². The molecule has 0 saturated heterocycles. The fourth-order valence-electron chi connectivity index (χ4n) is 3.80. The van der Waals surface area contributed by atoms with Gasteiger partial charge in [-0.3, -0.25) is 0 Å². The molecule has 2 heterocycles. The largest absolute Gasteiger partial charge is 0.241 e. The third-order valence-corrected chi connectivity index (χ3v) is 5.35. The van der Waals surface area contributed by atoms with Gasteiger partial charge in [-0.2, -0.15) is 4.57 Å². The number of para-hydroxylation sites is 1. The van der Waals surface area contributed by atoms with E-state index in [9.17, 15) is 0 Å². The van der Waals surface area contributed by atoms with Gasteiger partial charge in [0.05, 0.1) is 11.1 Å². The third kappa shape index (κ3) is 2.99. The highest BCUT2D eigenvalue weighted by Gasteiger charge is 2.23. The molecule has 0 radical (unpaired) electrons. The standard InChI is InChI=1S/C24H24N3/c1-15-10-16(2)17(3)21(11-15)24-22(20-13-25-18(4)26-14-20)12-19-8-6-7-9-23(19)27(24)5/h6-14H,1-5H3/q+1. The number of hydrogen-bond acceptors (Lipinski definition) is 2. The fraction of sp³-hybridized carbons (Fsp3) is 0.208. The van der Waals surface area contributed by atoms with Gasteiger partial charge in [-0.25, -0.2) is 9.97 Å². The van der Waals surface area contributed by atoms with Gasteiger partial charge in [-0.05, 0) is 57.0 Å². The van der Waals surface area contributed by atoms with Gasteiger partial charge in [0.2, 0.25) is 11.2 Å². The maximum absolute atomic E-state index is 4.44. The number of aromatic nitrogens is 3. The van der Waals surface area contributed by atoms with Crippen LogP contribution in [0.25, 0.3) is 33.3 Å². The number of aryl methyl sites for hydroxylation is 4. The van der Waals surface area contributed by atoms with E-state index in [1.54, 1.807) is 0 Å². The van der Waals surface area contributed by atoms with E-state index in [-0.39, 0.29) is 0 Å². The molecule has 2 aromatic carbocycles. The van der Waals surface area contributed by atoms with E-state index in [0.29, 0.717) is 0 Å². The first-order valence-corrected chi connectivity index (χ1v) is 9.24. The molecule has 3 heteroatoms. The Labute approximate surface area is 160 Å². The molecule has 0 aliphatic rings. The molecule has 0 saturated carbocycles. The summed E-state index contributed by atoms with van der Waals surface area (Å²) in [5, 5.41) is 1.21. The van der Waals surface area contributed by atoms with Crippen molar-refractivity contribution >= 4 is 10.9 Å². The van der Waals surface area contributed by atoms with Crippen LogP contribution >= 0.6 is 0 Å². The van der Waals surface area contributed by atoms with Crippen molar-refractivity contribution in [1.82, 2.24) is 9.97 Å². The van der Waals surface area contributed by atoms with Crippen LogP contribution in [0, 0.1) is 27.7 Å². The van der Waals surface area contributed by atoms with Gasteiger partial charge in [0.1, 0.15) is 12.9 Å². The Morgan fingerprint density at radius 2 is 1.52 bits per heavy atom. The monoisotopic (exact) mass is 354 g/mol. The number of hydrogen-bond donors (Lipinski definition) is 0. The number of rotatable bonds is 2. The zero-order valence-electron chi connectivity index (χ0n) is 16.5. The summed E-state index contributed by atoms with van der Waals surface area (Å²) >= 11 is 0. The van der Waals surface area contributed by atoms with E-state index in [0.717, 1.165) is 17.0 Å². The second kappa shape index (κ2) is 6.58. The van der Waals surface area contributed by atoms with Gasteiger partial charge in [0.15, 0.2) is 0 Å². The predicted octanol–water partition coefficient (Wildman–Crippen LogP) is 5.02. The smallest absolute Gasteiger partial charge is 0.221 e. The van der Waals surface area contributed by atoms with Gasteiger partial charge in [0.25, 0.3) is 0 Å². The Kier molecular flexibility index (Phi) is 4.23. The molecular weight excluding hydrogens is 330 g/mol. The van der Waals surface area contributed by atoms with Crippen molar-refractivity contribution in [2.75, 3.05) is 0 Å². The Bertz CT molecular complexity index is 1160. The number of benzene rings is 2. The lowest BCUT2D eigenvalue weighted by Gasteiger charge is -2.14. The first-order valence-electron chi connectivity index (χ1n) is 9.24. The fourth-order valence-corrected chi connectivity index (χ4v) is 3.80. The summed E-state index contributed by atoms with van der Waals surface area (Å²) in [5.74, 6) is 0.785. The van der Waals surface area contributed by atoms with Crippen LogP contribution in [0.15, 0.2) is 54.9 Å². The molecule has 0 aliphatic heterocycles. The summed E-state index contributed by atoms with van der Waals surface area (Å²) in [6, 6.07) is 15.3. The molecule has 2 aromatic heterocycles. The van der Waals surface area contributed by atoms with E-state index in [1.807, 2.05) is 19.3 Å². The summed E-state index contributed by atoms with van der Waals surface area (Å²) in [5.41, 5.74) is 9.75. The Morgan fingerprint density at radius 1 is 0.815 bits per heavy atom. The van der Waals surface area contributed by atoms with Crippen molar-refractivity contribution in [1.29, 1.82) is 0 Å². The Morgan fingerprint density at radius 3 is 2.26 bits per heavy atom. The molecular formula is C24H24N3+. The molecule has 0 fully saturated rings. The molecule has 27 heavy (non-hydrogen) atoms. The van der Waals surface area contributed by atoms with Crippen molar-refractivity contribution in [3.05, 3.63) is 77.4 Å². The molecule has 0 bridgehead atoms. The average molecular weight is 354 g/mol. The minimum absolute atomic E-state index is 0.785. The maximum atomic E-state index is 4.44. The summed E-state index contributed by atoms with van der Waals surface area (Å²) in [6.07, 6.45) is 3.85. The molecule has 0 amide bonds. The van der Waals surface area contributed by atoms with E-state index in [4.69, 9.17) is 0 Å². The van der Waals surface area contributed by atoms with Crippen LogP contribution in [0.5, 0.6) is 0 Å². The van der Waals surface area contributed by atoms with Crippen LogP contribution in [0.3, 0.4) is 0 Å². The number of nitrogens with zero attached hydrogens (tertiary/aromatic N) is 3. The molecule has 0 atom stereocenters. The highest BCUT2D eigenvalue weighted by atomic mass is 14.9. The lowest BCUT2D eigenvalue weighted by atomic mass is 9.92. The van der Waals surface area contributed by atoms with Gasteiger partial charge in [-0.1, -0.05) is 23.8 Å². The van der Waals surface area contributed by atoms with E-state index in [2.05, 4.69) is 84.8 Å². The van der Waals surface area contributed by atoms with Crippen LogP contribution < -0.4 is 4.57 Å². The SMILES string of the molecule is Cc1cc(C)c(C)c(-c2c(-c3cnc(C)nc3)cc3ccccc3[n+]2C)c1. The molecule has 3 nitrogen and oxygen atoms in total. The van der Waals surface area contributed by atoms with Crippen molar-refractivity contribution < 1.29 is 4.57 Å². The lowest BCUT2D eigenvalue weighted by molar-refractivity contribution is -0.633. The molecule has 4 aromatic rings. The summed E-state index contributed by atoms with van der Waals surface area (Å²) < 4.78 is 2.30. The van der Waals surface area contributed by atoms with Crippen LogP contribution in [0.1, 0.15) is 22.5 Å². The highest BCUT2D eigenvalue weighted by molar-refractivity contribution is 5.88. The maximum Gasteiger partial charge on any atom is 0.221 e. The number of fused-ring (bicyclic) bond motifs is 1. The van der Waals surface area contributed by atoms with E-state index < -0.39 is 0 Å². The first kappa shape index (κ1) is 17.3. The van der Waals surface area contributed by atoms with Crippen molar-refractivity contribution in [2.45, 2.75) is 27.7 Å². The van der Waals surface area contributed by atoms with Gasteiger partial charge >= 0.3 is 0 Å². The zero-order chi connectivity index (χ0) is 19.1. The molecule has 0 N–H and O–H groups in total. The number of pyridine rings is 1. The Balaban J connectivity index is 2.14. The van der Waals surface area contributed by atoms with Crippen molar-refractivity contribution in [2.24, 2.45) is 7.05 Å². The Hall–Kier alpha value is -3.07. The molecule has 0 aliphatic carbocycles. The van der Waals surface area contributed by atoms with Crippen LogP contribution in [0.4, 0.5) is 0 Å². The predicted molar refractivity (Wildman–Crippen MR) is 111 cm³/mol. The topological polar surface area (TPSA) is 29.7 Å². The second-order valence-electron chi connectivity index (χ2n) is 7.30. The van der Waals surface area contributed by atoms with Crippen LogP contribution in [-0.4, -0.2) is 9.97 Å². The zero-order valence-corrected chi connectivity index (χ0v) is 16.5. The summed E-state index contributed by atoms with van der Waals surface area (Å²) in [6.45, 7) is 8.46. The lowest BCUT2D eigenvalue weighted by Crippen LogP contribution is -2.33. The molecule has 4 rings (SSSR count). The van der Waals surface area contributed by atoms with Gasteiger partial charge in [0, 0.05) is 29.4 Å². The van der Waals surface area contributed by atoms with Crippen molar-refractivity contribution in [3.8, 4) is 22.4 Å². The normalized spacial score (nSPS) is 11.1. The van der Waals surface area contributed by atoms with Gasteiger partial charge < -0.3 is 0 Å². The summed E-state index contributed by atoms with van der Waals surface area (Å²) in [7, 11) is 2.15. The molecule has 0 spiro atoms. The highest BCUT2D eigenvalue weighted by Crippen LogP contribution is 2.34. The van der Waals surface area contributed by atoms with Gasteiger partial charge in [-0.15, -0.1) is 0 Å². The minimum Gasteiger partial charge on any atom is -0.241 e. The van der Waals surface area contributed by atoms with Crippen LogP contribution in [-0.2, 0) is 7.05 Å².